The zero-order valence-electron chi connectivity index (χ0n) is 16.7. The monoisotopic (exact) mass is 400 g/mol. The number of likely N-dealkylation sites (tertiary alicyclic amines) is 1. The molecule has 0 spiro atoms. The number of amides is 2. The Morgan fingerprint density at radius 1 is 1.28 bits per heavy atom. The summed E-state index contributed by atoms with van der Waals surface area (Å²) in [4.78, 5) is 34.9. The van der Waals surface area contributed by atoms with Gasteiger partial charge in [-0.3, -0.25) is 9.59 Å². The molecule has 1 saturated heterocycles. The van der Waals surface area contributed by atoms with E-state index < -0.39 is 11.3 Å². The molecule has 3 rings (SSSR count). The average Bonchev–Trinajstić information content (AvgIpc) is 2.67. The molecule has 7 nitrogen and oxygen atoms in total. The van der Waals surface area contributed by atoms with Crippen LogP contribution in [0.3, 0.4) is 0 Å². The van der Waals surface area contributed by atoms with Crippen LogP contribution in [0.2, 0.25) is 0 Å². The summed E-state index contributed by atoms with van der Waals surface area (Å²) in [6.45, 7) is 4.66. The van der Waals surface area contributed by atoms with Gasteiger partial charge in [0, 0.05) is 31.1 Å². The first-order chi connectivity index (χ1) is 13.8. The zero-order chi connectivity index (χ0) is 21.0. The summed E-state index contributed by atoms with van der Waals surface area (Å²) in [6.07, 6.45) is 3.06. The number of primary amides is 1. The van der Waals surface area contributed by atoms with Crippen molar-refractivity contribution in [3.05, 3.63) is 53.4 Å². The highest BCUT2D eigenvalue weighted by molar-refractivity contribution is 5.95. The van der Waals surface area contributed by atoms with Gasteiger partial charge in [0.05, 0.1) is 17.9 Å². The lowest BCUT2D eigenvalue weighted by atomic mass is 9.77. The van der Waals surface area contributed by atoms with E-state index in [1.165, 1.54) is 24.3 Å². The van der Waals surface area contributed by atoms with Gasteiger partial charge < -0.3 is 15.4 Å². The van der Waals surface area contributed by atoms with Gasteiger partial charge in [-0.05, 0) is 51.0 Å². The number of hydrogen-bond acceptors (Lipinski definition) is 5. The van der Waals surface area contributed by atoms with Crippen molar-refractivity contribution in [2.45, 2.75) is 33.1 Å². The Morgan fingerprint density at radius 3 is 2.66 bits per heavy atom. The second-order valence-corrected chi connectivity index (χ2v) is 7.63. The Hall–Kier alpha value is -3.03. The molecule has 0 aliphatic carbocycles. The molecule has 1 unspecified atom stereocenters. The third-order valence-electron chi connectivity index (χ3n) is 5.19. The van der Waals surface area contributed by atoms with Crippen LogP contribution in [0.5, 0.6) is 5.75 Å². The smallest absolute Gasteiger partial charge is 0.257 e. The fraction of sp³-hybridized carbons (Fsp3) is 0.429. The first kappa shape index (κ1) is 20.7. The molecule has 0 radical (unpaired) electrons. The van der Waals surface area contributed by atoms with Gasteiger partial charge in [0.25, 0.3) is 5.91 Å². The Bertz CT molecular complexity index is 903. The van der Waals surface area contributed by atoms with Gasteiger partial charge in [0.1, 0.15) is 17.4 Å². The lowest BCUT2D eigenvalue weighted by molar-refractivity contribution is -0.122. The van der Waals surface area contributed by atoms with Crippen LogP contribution in [-0.4, -0.2) is 46.4 Å². The van der Waals surface area contributed by atoms with E-state index in [4.69, 9.17) is 10.5 Å². The highest BCUT2D eigenvalue weighted by Crippen LogP contribution is 2.35. The first-order valence-electron chi connectivity index (χ1n) is 9.54. The lowest BCUT2D eigenvalue weighted by Crippen LogP contribution is -2.50. The number of carbonyl (C=O) groups excluding carboxylic acids is 2. The summed E-state index contributed by atoms with van der Waals surface area (Å²) in [5.74, 6) is 0.138. The highest BCUT2D eigenvalue weighted by Gasteiger charge is 2.40. The molecule has 2 aromatic rings. The van der Waals surface area contributed by atoms with Crippen LogP contribution in [-0.2, 0) is 4.79 Å². The van der Waals surface area contributed by atoms with Gasteiger partial charge in [0.15, 0.2) is 0 Å². The Kier molecular flexibility index (Phi) is 6.10. The summed E-state index contributed by atoms with van der Waals surface area (Å²) in [5, 5.41) is 0. The molecule has 29 heavy (non-hydrogen) atoms. The SMILES string of the molecule is Cc1ncc(C(=O)N2CCCC(COc3ccc(F)cc3)(CC(N)=O)C2)c(C)n1. The third-order valence-corrected chi connectivity index (χ3v) is 5.19. The maximum absolute atomic E-state index is 13.1. The molecule has 8 heteroatoms. The number of halogens is 1. The van der Waals surface area contributed by atoms with E-state index in [2.05, 4.69) is 9.97 Å². The van der Waals surface area contributed by atoms with Crippen LogP contribution >= 0.6 is 0 Å². The number of nitrogens with zero attached hydrogens (tertiary/aromatic N) is 3. The molecule has 0 saturated carbocycles. The van der Waals surface area contributed by atoms with E-state index in [0.717, 1.165) is 6.42 Å². The molecule has 1 aliphatic heterocycles. The molecule has 154 valence electrons. The van der Waals surface area contributed by atoms with Crippen LogP contribution in [0.25, 0.3) is 0 Å². The van der Waals surface area contributed by atoms with E-state index in [1.807, 2.05) is 0 Å². The summed E-state index contributed by atoms with van der Waals surface area (Å²) < 4.78 is 19.0. The largest absolute Gasteiger partial charge is 0.493 e. The molecule has 2 N–H and O–H groups in total. The van der Waals surface area contributed by atoms with E-state index >= 15 is 0 Å². The fourth-order valence-corrected chi connectivity index (χ4v) is 3.79. The van der Waals surface area contributed by atoms with Gasteiger partial charge in [-0.2, -0.15) is 0 Å². The molecule has 1 aromatic carbocycles. The highest BCUT2D eigenvalue weighted by atomic mass is 19.1. The summed E-state index contributed by atoms with van der Waals surface area (Å²) in [6, 6.07) is 5.69. The van der Waals surface area contributed by atoms with Crippen LogP contribution in [0.4, 0.5) is 4.39 Å². The molecule has 1 aliphatic rings. The minimum absolute atomic E-state index is 0.0986. The Morgan fingerprint density at radius 2 is 2.00 bits per heavy atom. The van der Waals surface area contributed by atoms with Crippen LogP contribution < -0.4 is 10.5 Å². The van der Waals surface area contributed by atoms with Crippen LogP contribution in [0.1, 0.15) is 41.1 Å². The number of ether oxygens (including phenoxy) is 1. The minimum atomic E-state index is -0.604. The standard InChI is InChI=1S/C21H25FN4O3/c1-14-18(11-24-15(2)25-14)20(28)26-9-3-8-21(12-26,10-19(23)27)13-29-17-6-4-16(22)5-7-17/h4-7,11H,3,8-10,12-13H2,1-2H3,(H2,23,27). The molecular weight excluding hydrogens is 375 g/mol. The Labute approximate surface area is 169 Å². The van der Waals surface area contributed by atoms with Crippen molar-refractivity contribution in [1.29, 1.82) is 0 Å². The van der Waals surface area contributed by atoms with Crippen molar-refractivity contribution >= 4 is 11.8 Å². The number of piperidine rings is 1. The van der Waals surface area contributed by atoms with E-state index in [0.29, 0.717) is 42.3 Å². The van der Waals surface area contributed by atoms with Gasteiger partial charge >= 0.3 is 0 Å². The summed E-state index contributed by atoms with van der Waals surface area (Å²) >= 11 is 0. The number of hydrogen-bond donors (Lipinski definition) is 1. The number of rotatable bonds is 6. The average molecular weight is 400 g/mol. The molecular formula is C21H25FN4O3. The normalized spacial score (nSPS) is 19.1. The second-order valence-electron chi connectivity index (χ2n) is 7.63. The third kappa shape index (κ3) is 5.07. The predicted molar refractivity (Wildman–Crippen MR) is 105 cm³/mol. The number of aryl methyl sites for hydroxylation is 2. The number of nitrogens with two attached hydrogens (primary N) is 1. The molecule has 1 aromatic heterocycles. The number of carbonyl (C=O) groups is 2. The number of aromatic nitrogens is 2. The predicted octanol–water partition coefficient (Wildman–Crippen LogP) is 2.41. The summed E-state index contributed by atoms with van der Waals surface area (Å²) in [7, 11) is 0. The molecule has 0 bridgehead atoms. The van der Waals surface area contributed by atoms with Crippen molar-refractivity contribution < 1.29 is 18.7 Å². The molecule has 1 atom stereocenters. The van der Waals surface area contributed by atoms with Crippen molar-refractivity contribution in [2.75, 3.05) is 19.7 Å². The van der Waals surface area contributed by atoms with Crippen molar-refractivity contribution in [1.82, 2.24) is 14.9 Å². The van der Waals surface area contributed by atoms with E-state index in [1.54, 1.807) is 24.9 Å². The quantitative estimate of drug-likeness (QED) is 0.803. The lowest BCUT2D eigenvalue weighted by Gasteiger charge is -2.42. The topological polar surface area (TPSA) is 98.4 Å². The molecule has 2 amide bonds. The molecule has 1 fully saturated rings. The van der Waals surface area contributed by atoms with Gasteiger partial charge in [-0.25, -0.2) is 14.4 Å². The maximum atomic E-state index is 13.1. The Balaban J connectivity index is 1.78. The van der Waals surface area contributed by atoms with Crippen LogP contribution in [0.15, 0.2) is 30.5 Å². The van der Waals surface area contributed by atoms with Crippen molar-refractivity contribution in [2.24, 2.45) is 11.1 Å². The van der Waals surface area contributed by atoms with Gasteiger partial charge in [-0.1, -0.05) is 0 Å². The fourth-order valence-electron chi connectivity index (χ4n) is 3.79. The van der Waals surface area contributed by atoms with Gasteiger partial charge in [-0.15, -0.1) is 0 Å². The zero-order valence-corrected chi connectivity index (χ0v) is 16.7. The minimum Gasteiger partial charge on any atom is -0.493 e. The van der Waals surface area contributed by atoms with E-state index in [-0.39, 0.29) is 24.8 Å². The van der Waals surface area contributed by atoms with E-state index in [9.17, 15) is 14.0 Å². The van der Waals surface area contributed by atoms with Gasteiger partial charge in [0.2, 0.25) is 5.91 Å². The maximum Gasteiger partial charge on any atom is 0.257 e. The van der Waals surface area contributed by atoms with Crippen molar-refractivity contribution in [3.8, 4) is 5.75 Å². The van der Waals surface area contributed by atoms with Crippen LogP contribution in [0, 0.1) is 25.1 Å². The summed E-state index contributed by atoms with van der Waals surface area (Å²) in [5.41, 5.74) is 5.97. The second kappa shape index (κ2) is 8.55. The molecule has 2 heterocycles. The number of benzene rings is 1. The first-order valence-corrected chi connectivity index (χ1v) is 9.54. The van der Waals surface area contributed by atoms with Crippen molar-refractivity contribution in [3.63, 3.8) is 0 Å².